The molecule has 18 heavy (non-hydrogen) atoms. The minimum absolute atomic E-state index is 0. The van der Waals surface area contributed by atoms with E-state index in [1.54, 1.807) is 36.1 Å². The molecule has 1 aromatic rings. The second-order valence-corrected chi connectivity index (χ2v) is 7.75. The zero-order valence-corrected chi connectivity index (χ0v) is 12.0. The van der Waals surface area contributed by atoms with E-state index in [0.717, 1.165) is 0 Å². The van der Waals surface area contributed by atoms with Crippen LogP contribution >= 0.6 is 15.2 Å². The molecule has 0 aliphatic heterocycles. The highest BCUT2D eigenvalue weighted by molar-refractivity contribution is 7.70. The van der Waals surface area contributed by atoms with Gasteiger partial charge in [-0.25, -0.2) is 4.57 Å². The molecule has 1 heterocycles. The molecule has 0 aliphatic rings. The predicted octanol–water partition coefficient (Wildman–Crippen LogP) is -3.26. The second kappa shape index (κ2) is 6.26. The van der Waals surface area contributed by atoms with E-state index in [9.17, 15) is 9.13 Å². The van der Waals surface area contributed by atoms with Gasteiger partial charge in [-0.15, -0.1) is 0 Å². The van der Waals surface area contributed by atoms with Crippen LogP contribution in [0.25, 0.3) is 0 Å². The first kappa shape index (κ1) is 17.7. The molecule has 4 N–H and O–H groups in total. The van der Waals surface area contributed by atoms with Gasteiger partial charge in [0.05, 0.1) is 0 Å². The summed E-state index contributed by atoms with van der Waals surface area (Å²) in [6.07, 6.45) is 2.88. The molecule has 1 rings (SSSR count). The standard InChI is InChI=1S/C8H13NO6P2.ClH/c1-9-4-2-3-7(6-9)5-8(16(10,11)12)17(13,14)15;/h2-4,6,8H,5H2,1H3,(H3-,10,11,12,13,14,15);1H. The highest BCUT2D eigenvalue weighted by atomic mass is 35.5. The zero-order valence-electron chi connectivity index (χ0n) is 9.42. The van der Waals surface area contributed by atoms with Crippen LogP contribution < -0.4 is 17.0 Å². The van der Waals surface area contributed by atoms with Crippen molar-refractivity contribution in [2.45, 2.75) is 11.8 Å². The SMILES string of the molecule is C[n+]1cccc(CC(P(=O)(O)O)P(=O)(O)O)c1.[Cl-]. The predicted molar refractivity (Wildman–Crippen MR) is 59.2 cm³/mol. The van der Waals surface area contributed by atoms with Crippen molar-refractivity contribution in [2.75, 3.05) is 0 Å². The van der Waals surface area contributed by atoms with Crippen LogP contribution in [-0.2, 0) is 22.6 Å². The summed E-state index contributed by atoms with van der Waals surface area (Å²) in [5.41, 5.74) is 0.451. The van der Waals surface area contributed by atoms with Crippen molar-refractivity contribution in [3.05, 3.63) is 30.1 Å². The minimum atomic E-state index is -4.85. The summed E-state index contributed by atoms with van der Waals surface area (Å²) in [5, 5.41) is -1.99. The van der Waals surface area contributed by atoms with Gasteiger partial charge in [0.1, 0.15) is 7.05 Å². The van der Waals surface area contributed by atoms with Gasteiger partial charge in [-0.3, -0.25) is 9.13 Å². The fourth-order valence-corrected chi connectivity index (χ4v) is 3.88. The lowest BCUT2D eigenvalue weighted by Gasteiger charge is -2.18. The van der Waals surface area contributed by atoms with E-state index in [4.69, 9.17) is 19.6 Å². The summed E-state index contributed by atoms with van der Waals surface area (Å²) in [7, 11) is -8.00. The van der Waals surface area contributed by atoms with E-state index in [0.29, 0.717) is 5.56 Å². The Kier molecular flexibility index (Phi) is 6.17. The van der Waals surface area contributed by atoms with Crippen molar-refractivity contribution in [3.8, 4) is 0 Å². The average Bonchev–Trinajstić information content (AvgIpc) is 2.10. The number of aromatic nitrogens is 1. The monoisotopic (exact) mass is 317 g/mol. The smallest absolute Gasteiger partial charge is 0.341 e. The zero-order chi connectivity index (χ0) is 13.3. The highest BCUT2D eigenvalue weighted by Crippen LogP contribution is 2.60. The second-order valence-electron chi connectivity index (χ2n) is 3.74. The van der Waals surface area contributed by atoms with Gasteiger partial charge >= 0.3 is 15.2 Å². The molecule has 0 unspecified atom stereocenters. The number of rotatable bonds is 4. The Morgan fingerprint density at radius 1 is 1.22 bits per heavy atom. The summed E-state index contributed by atoms with van der Waals surface area (Å²) in [6.45, 7) is 0. The van der Waals surface area contributed by atoms with Crippen LogP contribution in [0, 0.1) is 0 Å². The number of nitrogens with zero attached hydrogens (tertiary/aromatic N) is 1. The molecule has 0 radical (unpaired) electrons. The summed E-state index contributed by atoms with van der Waals surface area (Å²) in [5.74, 6) is 0. The Hall–Kier alpha value is -0.260. The lowest BCUT2D eigenvalue weighted by Crippen LogP contribution is -3.00. The van der Waals surface area contributed by atoms with Gasteiger partial charge < -0.3 is 32.0 Å². The minimum Gasteiger partial charge on any atom is -1.00 e. The molecule has 0 spiro atoms. The van der Waals surface area contributed by atoms with Crippen molar-refractivity contribution in [2.24, 2.45) is 7.05 Å². The largest absolute Gasteiger partial charge is 1.00 e. The van der Waals surface area contributed by atoms with E-state index >= 15 is 0 Å². The van der Waals surface area contributed by atoms with Crippen LogP contribution in [0.15, 0.2) is 24.5 Å². The fraction of sp³-hybridized carbons (Fsp3) is 0.375. The molecule has 0 fully saturated rings. The maximum absolute atomic E-state index is 11.1. The summed E-state index contributed by atoms with van der Waals surface area (Å²) in [6, 6.07) is 3.18. The molecule has 0 aromatic carbocycles. The fourth-order valence-electron chi connectivity index (χ4n) is 1.42. The lowest BCUT2D eigenvalue weighted by molar-refractivity contribution is -0.671. The summed E-state index contributed by atoms with van der Waals surface area (Å²) >= 11 is 0. The van der Waals surface area contributed by atoms with Gasteiger partial charge in [0.2, 0.25) is 0 Å². The van der Waals surface area contributed by atoms with Crippen LogP contribution in [0.2, 0.25) is 0 Å². The molecular formula is C8H14ClNO6P2. The molecule has 0 aliphatic carbocycles. The first-order valence-corrected chi connectivity index (χ1v) is 8.01. The molecule has 0 bridgehead atoms. The Morgan fingerprint density at radius 2 is 1.72 bits per heavy atom. The Morgan fingerprint density at radius 3 is 2.11 bits per heavy atom. The topological polar surface area (TPSA) is 119 Å². The molecule has 104 valence electrons. The van der Waals surface area contributed by atoms with E-state index in [1.165, 1.54) is 0 Å². The molecule has 10 heteroatoms. The molecule has 0 atom stereocenters. The average molecular weight is 318 g/mol. The third kappa shape index (κ3) is 5.16. The maximum atomic E-state index is 11.1. The van der Waals surface area contributed by atoms with E-state index in [-0.39, 0.29) is 18.8 Å². The molecule has 0 saturated heterocycles. The van der Waals surface area contributed by atoms with Gasteiger partial charge in [-0.1, -0.05) is 0 Å². The van der Waals surface area contributed by atoms with Crippen molar-refractivity contribution in [1.29, 1.82) is 0 Å². The van der Waals surface area contributed by atoms with Crippen molar-refractivity contribution >= 4 is 15.2 Å². The first-order chi connectivity index (χ1) is 7.60. The van der Waals surface area contributed by atoms with E-state index in [1.807, 2.05) is 0 Å². The summed E-state index contributed by atoms with van der Waals surface area (Å²) < 4.78 is 23.8. The Balaban J connectivity index is 0.00000289. The summed E-state index contributed by atoms with van der Waals surface area (Å²) in [4.78, 5) is 35.8. The number of halogens is 1. The third-order valence-corrected chi connectivity index (χ3v) is 5.92. The molecular weight excluding hydrogens is 303 g/mol. The van der Waals surface area contributed by atoms with Gasteiger partial charge in [-0.05, 0) is 6.07 Å². The van der Waals surface area contributed by atoms with Crippen molar-refractivity contribution in [3.63, 3.8) is 0 Å². The Labute approximate surface area is 110 Å². The van der Waals surface area contributed by atoms with Gasteiger partial charge in [0.25, 0.3) is 0 Å². The van der Waals surface area contributed by atoms with Gasteiger partial charge in [0, 0.05) is 18.1 Å². The Bertz CT molecular complexity index is 476. The third-order valence-electron chi connectivity index (χ3n) is 2.20. The van der Waals surface area contributed by atoms with E-state index in [2.05, 4.69) is 0 Å². The lowest BCUT2D eigenvalue weighted by atomic mass is 10.2. The van der Waals surface area contributed by atoms with Crippen molar-refractivity contribution < 1.29 is 45.7 Å². The normalized spacial score (nSPS) is 12.3. The van der Waals surface area contributed by atoms with E-state index < -0.39 is 20.6 Å². The molecule has 1 aromatic heterocycles. The van der Waals surface area contributed by atoms with Crippen LogP contribution in [0.4, 0.5) is 0 Å². The van der Waals surface area contributed by atoms with Crippen LogP contribution in [-0.4, -0.2) is 25.0 Å². The number of hydrogen-bond acceptors (Lipinski definition) is 2. The van der Waals surface area contributed by atoms with Crippen molar-refractivity contribution in [1.82, 2.24) is 0 Å². The first-order valence-electron chi connectivity index (χ1n) is 4.65. The maximum Gasteiger partial charge on any atom is 0.341 e. The van der Waals surface area contributed by atoms with Gasteiger partial charge in [0.15, 0.2) is 17.8 Å². The van der Waals surface area contributed by atoms with Crippen LogP contribution in [0.5, 0.6) is 0 Å². The quantitative estimate of drug-likeness (QED) is 0.342. The number of pyridine rings is 1. The van der Waals surface area contributed by atoms with Gasteiger partial charge in [-0.2, -0.15) is 0 Å². The van der Waals surface area contributed by atoms with Crippen LogP contribution in [0.1, 0.15) is 5.56 Å². The van der Waals surface area contributed by atoms with Crippen LogP contribution in [0.3, 0.4) is 0 Å². The molecule has 7 nitrogen and oxygen atoms in total. The molecule has 0 amide bonds. The highest BCUT2D eigenvalue weighted by Gasteiger charge is 2.43. The number of hydrogen-bond donors (Lipinski definition) is 4. The molecule has 0 saturated carbocycles. The number of aryl methyl sites for hydroxylation is 1.